The Labute approximate surface area is 195 Å². The van der Waals surface area contributed by atoms with Crippen LogP contribution in [0.1, 0.15) is 17.5 Å². The van der Waals surface area contributed by atoms with Crippen LogP contribution in [-0.2, 0) is 0 Å². The van der Waals surface area contributed by atoms with Gasteiger partial charge in [0.25, 0.3) is 5.56 Å². The largest absolute Gasteiger partial charge is 0.310 e. The number of fused-ring (bicyclic) bond motifs is 8. The number of hydrogen-bond acceptors (Lipinski definition) is 1. The highest BCUT2D eigenvalue weighted by molar-refractivity contribution is 6.11. The van der Waals surface area contributed by atoms with Crippen molar-refractivity contribution in [3.05, 3.63) is 125 Å². The summed E-state index contributed by atoms with van der Waals surface area (Å²) in [5, 5.41) is 5.50. The Morgan fingerprint density at radius 1 is 0.618 bits per heavy atom. The number of allylic oxidation sites excluding steroid dienone is 4. The van der Waals surface area contributed by atoms with Crippen LogP contribution in [0.2, 0.25) is 0 Å². The number of rotatable bonds is 1. The minimum absolute atomic E-state index is 0.00570. The number of benzene rings is 4. The SMILES string of the molecule is O=c1c2ccccc2c2cccc3c2n1C1C=CC(n2c4ccccc4c4ccccc42)=CC31. The fourth-order valence-corrected chi connectivity index (χ4v) is 6.26. The maximum atomic E-state index is 13.6. The molecular weight excluding hydrogens is 416 g/mol. The van der Waals surface area contributed by atoms with Gasteiger partial charge in [0.15, 0.2) is 0 Å². The fourth-order valence-electron chi connectivity index (χ4n) is 6.26. The average molecular weight is 437 g/mol. The van der Waals surface area contributed by atoms with Crippen molar-refractivity contribution in [1.82, 2.24) is 9.13 Å². The van der Waals surface area contributed by atoms with E-state index in [9.17, 15) is 4.79 Å². The topological polar surface area (TPSA) is 26.9 Å². The molecule has 2 unspecified atom stereocenters. The Bertz CT molecular complexity index is 1900. The van der Waals surface area contributed by atoms with E-state index < -0.39 is 0 Å². The fraction of sp³-hybridized carbons (Fsp3) is 0.0645. The van der Waals surface area contributed by atoms with Gasteiger partial charge in [-0.15, -0.1) is 0 Å². The number of hydrogen-bond donors (Lipinski definition) is 0. The molecule has 4 aromatic carbocycles. The molecule has 0 spiro atoms. The van der Waals surface area contributed by atoms with Crippen LogP contribution >= 0.6 is 0 Å². The van der Waals surface area contributed by atoms with E-state index in [2.05, 4.69) is 95.6 Å². The third-order valence-corrected chi connectivity index (χ3v) is 7.65. The first-order valence-corrected chi connectivity index (χ1v) is 11.8. The molecule has 3 nitrogen and oxygen atoms in total. The standard InChI is InChI=1S/C31H20N2O/c34-31-25-11-2-1-8-20(25)23-12-7-13-24-26-18-19(16-17-29(26)33(31)30(23)24)32-27-14-5-3-9-21(27)22-10-4-6-15-28(22)32/h1-18,26,29H. The van der Waals surface area contributed by atoms with Gasteiger partial charge in [-0.1, -0.05) is 84.9 Å². The van der Waals surface area contributed by atoms with Crippen molar-refractivity contribution in [2.24, 2.45) is 0 Å². The molecule has 0 fully saturated rings. The molecule has 0 N–H and O–H groups in total. The molecule has 2 aromatic heterocycles. The van der Waals surface area contributed by atoms with Crippen LogP contribution in [-0.4, -0.2) is 9.13 Å². The lowest BCUT2D eigenvalue weighted by molar-refractivity contribution is 0.587. The molecule has 6 aromatic rings. The zero-order valence-corrected chi connectivity index (χ0v) is 18.3. The van der Waals surface area contributed by atoms with E-state index in [-0.39, 0.29) is 17.5 Å². The summed E-state index contributed by atoms with van der Waals surface area (Å²) in [5.74, 6) is 0.119. The second kappa shape index (κ2) is 6.36. The van der Waals surface area contributed by atoms with Crippen molar-refractivity contribution in [2.45, 2.75) is 12.0 Å². The van der Waals surface area contributed by atoms with Crippen LogP contribution in [0.25, 0.3) is 49.2 Å². The molecule has 2 atom stereocenters. The molecular formula is C31H20N2O. The lowest BCUT2D eigenvalue weighted by atomic mass is 9.89. The normalized spacial score (nSPS) is 18.8. The summed E-state index contributed by atoms with van der Waals surface area (Å²) in [6, 6.07) is 31.6. The van der Waals surface area contributed by atoms with Gasteiger partial charge < -0.3 is 4.57 Å². The van der Waals surface area contributed by atoms with Gasteiger partial charge in [-0.3, -0.25) is 9.36 Å². The molecule has 8 rings (SSSR count). The Morgan fingerprint density at radius 3 is 1.97 bits per heavy atom. The molecule has 2 aliphatic rings. The van der Waals surface area contributed by atoms with Crippen LogP contribution in [0.5, 0.6) is 0 Å². The van der Waals surface area contributed by atoms with Gasteiger partial charge in [0.05, 0.1) is 22.6 Å². The molecule has 0 bridgehead atoms. The first-order chi connectivity index (χ1) is 16.8. The summed E-state index contributed by atoms with van der Waals surface area (Å²) >= 11 is 0. The van der Waals surface area contributed by atoms with Gasteiger partial charge in [-0.05, 0) is 35.2 Å². The molecule has 3 heterocycles. The Kier molecular flexibility index (Phi) is 3.39. The smallest absolute Gasteiger partial charge is 0.259 e. The molecule has 34 heavy (non-hydrogen) atoms. The van der Waals surface area contributed by atoms with Crippen LogP contribution in [0.15, 0.2) is 114 Å². The lowest BCUT2D eigenvalue weighted by Crippen LogP contribution is -2.24. The summed E-state index contributed by atoms with van der Waals surface area (Å²) in [6.07, 6.45) is 6.77. The molecule has 0 amide bonds. The van der Waals surface area contributed by atoms with Crippen molar-refractivity contribution >= 4 is 49.2 Å². The van der Waals surface area contributed by atoms with Gasteiger partial charge >= 0.3 is 0 Å². The molecule has 1 aliphatic heterocycles. The van der Waals surface area contributed by atoms with E-state index >= 15 is 0 Å². The number of nitrogens with zero attached hydrogens (tertiary/aromatic N) is 2. The number of para-hydroxylation sites is 3. The van der Waals surface area contributed by atoms with Crippen LogP contribution in [0.4, 0.5) is 0 Å². The summed E-state index contributed by atoms with van der Waals surface area (Å²) < 4.78 is 4.38. The summed E-state index contributed by atoms with van der Waals surface area (Å²) in [7, 11) is 0. The molecule has 0 radical (unpaired) electrons. The Morgan fingerprint density at radius 2 is 1.24 bits per heavy atom. The summed E-state index contributed by atoms with van der Waals surface area (Å²) in [4.78, 5) is 13.6. The number of pyridine rings is 1. The van der Waals surface area contributed by atoms with Gasteiger partial charge in [0.2, 0.25) is 0 Å². The predicted molar refractivity (Wildman–Crippen MR) is 140 cm³/mol. The quantitative estimate of drug-likeness (QED) is 0.255. The second-order valence-corrected chi connectivity index (χ2v) is 9.30. The van der Waals surface area contributed by atoms with Crippen molar-refractivity contribution in [1.29, 1.82) is 0 Å². The van der Waals surface area contributed by atoms with E-state index in [4.69, 9.17) is 0 Å². The van der Waals surface area contributed by atoms with Gasteiger partial charge in [0.1, 0.15) is 0 Å². The highest BCUT2D eigenvalue weighted by atomic mass is 16.1. The van der Waals surface area contributed by atoms with Crippen LogP contribution in [0.3, 0.4) is 0 Å². The highest BCUT2D eigenvalue weighted by Gasteiger charge is 2.35. The van der Waals surface area contributed by atoms with Gasteiger partial charge in [0, 0.05) is 33.2 Å². The minimum Gasteiger partial charge on any atom is -0.310 e. The Hall–Kier alpha value is -4.37. The van der Waals surface area contributed by atoms with Gasteiger partial charge in [-0.2, -0.15) is 0 Å². The average Bonchev–Trinajstić information content (AvgIpc) is 3.41. The van der Waals surface area contributed by atoms with E-state index in [1.807, 2.05) is 22.8 Å². The first kappa shape index (κ1) is 18.1. The van der Waals surface area contributed by atoms with E-state index in [1.54, 1.807) is 0 Å². The first-order valence-electron chi connectivity index (χ1n) is 11.8. The predicted octanol–water partition coefficient (Wildman–Crippen LogP) is 7.01. The van der Waals surface area contributed by atoms with E-state index in [0.717, 1.165) is 27.4 Å². The van der Waals surface area contributed by atoms with Crippen molar-refractivity contribution in [3.8, 4) is 0 Å². The van der Waals surface area contributed by atoms with Crippen LogP contribution < -0.4 is 5.56 Å². The van der Waals surface area contributed by atoms with E-state index in [0.29, 0.717) is 0 Å². The van der Waals surface area contributed by atoms with Crippen molar-refractivity contribution < 1.29 is 0 Å². The third-order valence-electron chi connectivity index (χ3n) is 7.65. The summed E-state index contributed by atoms with van der Waals surface area (Å²) in [6.45, 7) is 0. The van der Waals surface area contributed by atoms with Gasteiger partial charge in [-0.25, -0.2) is 0 Å². The molecule has 0 saturated heterocycles. The Balaban J connectivity index is 1.42. The molecule has 0 saturated carbocycles. The maximum Gasteiger partial charge on any atom is 0.259 e. The second-order valence-electron chi connectivity index (χ2n) is 9.30. The van der Waals surface area contributed by atoms with Crippen molar-refractivity contribution in [3.63, 3.8) is 0 Å². The van der Waals surface area contributed by atoms with E-state index in [1.165, 1.54) is 27.4 Å². The molecule has 160 valence electrons. The maximum absolute atomic E-state index is 13.6. The minimum atomic E-state index is -0.00570. The summed E-state index contributed by atoms with van der Waals surface area (Å²) in [5.41, 5.74) is 5.96. The third kappa shape index (κ3) is 2.14. The zero-order chi connectivity index (χ0) is 22.4. The zero-order valence-electron chi connectivity index (χ0n) is 18.3. The lowest BCUT2D eigenvalue weighted by Gasteiger charge is -2.23. The van der Waals surface area contributed by atoms with Crippen LogP contribution in [0, 0.1) is 0 Å². The van der Waals surface area contributed by atoms with Crippen molar-refractivity contribution in [2.75, 3.05) is 0 Å². The highest BCUT2D eigenvalue weighted by Crippen LogP contribution is 2.47. The molecule has 1 aliphatic carbocycles. The molecule has 3 heteroatoms. The number of aromatic nitrogens is 2. The monoisotopic (exact) mass is 436 g/mol.